The van der Waals surface area contributed by atoms with E-state index in [0.29, 0.717) is 17.0 Å². The molecule has 0 bridgehead atoms. The van der Waals surface area contributed by atoms with Crippen molar-refractivity contribution in [3.8, 4) is 22.3 Å². The summed E-state index contributed by atoms with van der Waals surface area (Å²) in [7, 11) is 0. The number of halogens is 2. The highest BCUT2D eigenvalue weighted by molar-refractivity contribution is 6.63. The average molecular weight is 557 g/mol. The smallest absolute Gasteiger partial charge is 0.415 e. The number of aryl methyl sites for hydroxylation is 6. The summed E-state index contributed by atoms with van der Waals surface area (Å²) in [5, 5.41) is 4.15. The number of anilines is 2. The third kappa shape index (κ3) is 3.96. The zero-order chi connectivity index (χ0) is 29.5. The lowest BCUT2D eigenvalue weighted by atomic mass is 9.83. The van der Waals surface area contributed by atoms with Crippen molar-refractivity contribution in [2.45, 2.75) is 47.7 Å². The highest BCUT2D eigenvalue weighted by atomic mass is 19.2. The number of fused-ring (bicyclic) bond motifs is 6. The number of rotatable bonds is 2. The maximum atomic E-state index is 16.8. The number of pyridine rings is 1. The average Bonchev–Trinajstić information content (AvgIpc) is 2.91. The van der Waals surface area contributed by atoms with Crippen LogP contribution >= 0.6 is 0 Å². The Kier molecular flexibility index (Phi) is 5.85. The molecule has 2 aliphatic rings. The summed E-state index contributed by atoms with van der Waals surface area (Å²) in [6.45, 7) is 8.46. The Morgan fingerprint density at radius 1 is 0.690 bits per heavy atom. The molecule has 42 heavy (non-hydrogen) atoms. The van der Waals surface area contributed by atoms with Crippen LogP contribution in [0.5, 0.6) is 0 Å². The first kappa shape index (κ1) is 26.5. The summed E-state index contributed by atoms with van der Waals surface area (Å²) in [6, 6.07) is 24.1. The number of hydrogen-bond donors (Lipinski definition) is 1. The van der Waals surface area contributed by atoms with E-state index in [1.165, 1.54) is 42.7 Å². The monoisotopic (exact) mass is 557 g/mol. The van der Waals surface area contributed by atoms with E-state index in [2.05, 4.69) is 71.1 Å². The highest BCUT2D eigenvalue weighted by Crippen LogP contribution is 2.40. The zero-order valence-electron chi connectivity index (χ0n) is 24.9. The van der Waals surface area contributed by atoms with E-state index in [0.717, 1.165) is 33.2 Å². The maximum Gasteiger partial charge on any atom is 0.638 e. The lowest BCUT2D eigenvalue weighted by molar-refractivity contribution is -0.526. The van der Waals surface area contributed by atoms with Gasteiger partial charge in [0.2, 0.25) is 5.82 Å². The molecule has 2 aliphatic heterocycles. The van der Waals surface area contributed by atoms with Gasteiger partial charge in [-0.3, -0.25) is 5.32 Å². The summed E-state index contributed by atoms with van der Waals surface area (Å²) in [5.41, 5.74) is 13.4. The van der Waals surface area contributed by atoms with Crippen molar-refractivity contribution >= 4 is 35.5 Å². The van der Waals surface area contributed by atoms with E-state index in [1.54, 1.807) is 6.07 Å². The lowest BCUT2D eigenvalue weighted by Crippen LogP contribution is -2.77. The Morgan fingerprint density at radius 2 is 1.26 bits per heavy atom. The van der Waals surface area contributed by atoms with Crippen LogP contribution in [-0.4, -0.2) is 13.1 Å². The molecular weight excluding hydrogens is 523 g/mol. The Labute approximate surface area is 246 Å². The molecule has 210 valence electrons. The Balaban J connectivity index is 1.34. The van der Waals surface area contributed by atoms with Crippen molar-refractivity contribution in [3.63, 3.8) is 0 Å². The molecule has 1 aromatic heterocycles. The molecule has 0 radical (unpaired) electrons. The molecule has 0 saturated heterocycles. The normalized spacial score (nSPS) is 16.6. The van der Waals surface area contributed by atoms with E-state index < -0.39 is 13.1 Å². The summed E-state index contributed by atoms with van der Waals surface area (Å²) in [5.74, 6) is 0.417. The molecule has 7 rings (SSSR count). The number of nitrogens with zero attached hydrogens (tertiary/aromatic N) is 2. The summed E-state index contributed by atoms with van der Waals surface area (Å²) < 4.78 is 34.8. The van der Waals surface area contributed by atoms with Gasteiger partial charge in [-0.2, -0.15) is 0 Å². The topological polar surface area (TPSA) is 19.1 Å². The molecule has 5 aromatic rings. The van der Waals surface area contributed by atoms with Crippen molar-refractivity contribution in [1.29, 1.82) is 0 Å². The van der Waals surface area contributed by atoms with Gasteiger partial charge in [0.15, 0.2) is 6.17 Å². The van der Waals surface area contributed by atoms with Crippen molar-refractivity contribution in [1.82, 2.24) is 0 Å². The number of nitrogens with one attached hydrogen (secondary N) is 1. The van der Waals surface area contributed by atoms with E-state index in [9.17, 15) is 0 Å². The highest BCUT2D eigenvalue weighted by Gasteiger charge is 2.52. The second kappa shape index (κ2) is 9.28. The fourth-order valence-corrected chi connectivity index (χ4v) is 7.43. The zero-order valence-corrected chi connectivity index (χ0v) is 24.9. The Morgan fingerprint density at radius 3 is 1.88 bits per heavy atom. The van der Waals surface area contributed by atoms with Crippen LogP contribution in [0.1, 0.15) is 38.9 Å². The molecule has 1 N–H and O–H groups in total. The minimum Gasteiger partial charge on any atom is -0.415 e. The largest absolute Gasteiger partial charge is 0.638 e. The van der Waals surface area contributed by atoms with Crippen LogP contribution in [0.4, 0.5) is 20.1 Å². The summed E-state index contributed by atoms with van der Waals surface area (Å²) in [6.07, 6.45) is 3.17. The van der Waals surface area contributed by atoms with E-state index >= 15 is 8.63 Å². The molecule has 0 aliphatic carbocycles. The van der Waals surface area contributed by atoms with Crippen LogP contribution in [-0.2, 0) is 0 Å². The van der Waals surface area contributed by atoms with Gasteiger partial charge < -0.3 is 17.9 Å². The molecule has 0 amide bonds. The molecule has 0 fully saturated rings. The minimum absolute atomic E-state index is 0.417. The molecule has 0 saturated carbocycles. The van der Waals surface area contributed by atoms with Crippen LogP contribution in [0.15, 0.2) is 78.9 Å². The lowest BCUT2D eigenvalue weighted by Gasteiger charge is -2.47. The predicted octanol–water partition coefficient (Wildman–Crippen LogP) is 8.82. The second-order valence-electron chi connectivity index (χ2n) is 12.1. The van der Waals surface area contributed by atoms with E-state index in [1.807, 2.05) is 54.6 Å². The quantitative estimate of drug-likeness (QED) is 0.219. The second-order valence-corrected chi connectivity index (χ2v) is 12.1. The Hall–Kier alpha value is -4.45. The van der Waals surface area contributed by atoms with Gasteiger partial charge in [0, 0.05) is 17.1 Å². The fraction of sp³-hybridized carbons (Fsp3) is 0.194. The van der Waals surface area contributed by atoms with Crippen molar-refractivity contribution in [2.24, 2.45) is 0 Å². The standard InChI is InChI=1S/C36H34BF2N3/c1-21-15-23(3)35(24(4)16-21)29-7-11-31-27(19-29)9-13-33-40-34-14-10-28-20-30(36-25(5)17-22(2)18-26(36)6)8-12-32(28)42(34)37(38,39)41(31)33/h7-20,33,40H,1-6H3. The third-order valence-corrected chi connectivity index (χ3v) is 8.90. The molecule has 3 heterocycles. The fourth-order valence-electron chi connectivity index (χ4n) is 7.43. The van der Waals surface area contributed by atoms with Gasteiger partial charge in [-0.25, -0.2) is 0 Å². The number of aromatic nitrogens is 1. The molecule has 1 atom stereocenters. The summed E-state index contributed by atoms with van der Waals surface area (Å²) in [4.78, 5) is 1.27. The molecule has 6 heteroatoms. The van der Waals surface area contributed by atoms with Gasteiger partial charge in [0.05, 0.1) is 5.52 Å². The van der Waals surface area contributed by atoms with Gasteiger partial charge in [-0.15, -0.1) is 0 Å². The van der Waals surface area contributed by atoms with Crippen LogP contribution in [0.25, 0.3) is 39.2 Å². The van der Waals surface area contributed by atoms with Crippen LogP contribution in [0, 0.1) is 41.5 Å². The molecular formula is C36H34BF2N3. The molecule has 4 aromatic carbocycles. The Bertz CT molecular complexity index is 1930. The van der Waals surface area contributed by atoms with Gasteiger partial charge in [-0.05, 0) is 128 Å². The van der Waals surface area contributed by atoms with Crippen molar-refractivity contribution in [2.75, 3.05) is 10.1 Å². The van der Waals surface area contributed by atoms with Crippen LogP contribution < -0.4 is 14.6 Å². The summed E-state index contributed by atoms with van der Waals surface area (Å²) >= 11 is 0. The number of benzene rings is 4. The first-order valence-electron chi connectivity index (χ1n) is 14.6. The predicted molar refractivity (Wildman–Crippen MR) is 172 cm³/mol. The van der Waals surface area contributed by atoms with Gasteiger partial charge in [-0.1, -0.05) is 53.6 Å². The van der Waals surface area contributed by atoms with E-state index in [4.69, 9.17) is 0 Å². The van der Waals surface area contributed by atoms with E-state index in [-0.39, 0.29) is 0 Å². The number of hydrogen-bond acceptors (Lipinski definition) is 2. The van der Waals surface area contributed by atoms with Gasteiger partial charge in [0.1, 0.15) is 0 Å². The molecule has 3 nitrogen and oxygen atoms in total. The van der Waals surface area contributed by atoms with Crippen molar-refractivity contribution in [3.05, 3.63) is 118 Å². The minimum atomic E-state index is -4.16. The maximum absolute atomic E-state index is 16.8. The van der Waals surface area contributed by atoms with Crippen LogP contribution in [0.3, 0.4) is 0 Å². The van der Waals surface area contributed by atoms with Gasteiger partial charge >= 0.3 is 6.97 Å². The first-order chi connectivity index (χ1) is 20.0. The van der Waals surface area contributed by atoms with Gasteiger partial charge in [0.25, 0.3) is 0 Å². The SMILES string of the molecule is Cc1cc(C)c(-c2ccc3c(c2)C=CC2Nc4ccc5cc(-c6c(C)cc(C)cc6C)ccc5[n+]4[B-](F)(F)N32)c(C)c1. The first-order valence-corrected chi connectivity index (χ1v) is 14.6. The van der Waals surface area contributed by atoms with Crippen LogP contribution in [0.2, 0.25) is 0 Å². The van der Waals surface area contributed by atoms with Crippen molar-refractivity contribution < 1.29 is 13.1 Å². The molecule has 1 unspecified atom stereocenters. The molecule has 0 spiro atoms. The third-order valence-electron chi connectivity index (χ3n) is 8.90.